The molecule has 0 radical (unpaired) electrons. The van der Waals surface area contributed by atoms with Gasteiger partial charge in [-0.15, -0.1) is 0 Å². The molecule has 1 aliphatic heterocycles. The number of piperidine rings is 1. The molecule has 1 heterocycles. The summed E-state index contributed by atoms with van der Waals surface area (Å²) in [6.45, 7) is 1.93. The molecule has 2 rings (SSSR count). The van der Waals surface area contributed by atoms with Gasteiger partial charge in [0.1, 0.15) is 0 Å². The molecule has 1 fully saturated rings. The highest BCUT2D eigenvalue weighted by Gasteiger charge is 2.31. The largest absolute Gasteiger partial charge is 0.383 e. The molecule has 0 aliphatic carbocycles. The van der Waals surface area contributed by atoms with Gasteiger partial charge >= 0.3 is 0 Å². The number of rotatable bonds is 4. The summed E-state index contributed by atoms with van der Waals surface area (Å²) < 4.78 is 5.39. The van der Waals surface area contributed by atoms with Crippen molar-refractivity contribution in [3.63, 3.8) is 0 Å². The monoisotopic (exact) mass is 219 g/mol. The molecule has 88 valence electrons. The van der Waals surface area contributed by atoms with E-state index in [0.29, 0.717) is 0 Å². The molecule has 2 nitrogen and oxygen atoms in total. The van der Waals surface area contributed by atoms with Gasteiger partial charge in [-0.25, -0.2) is 0 Å². The van der Waals surface area contributed by atoms with Gasteiger partial charge in [-0.05, 0) is 31.4 Å². The Morgan fingerprint density at radius 1 is 1.25 bits per heavy atom. The standard InChI is InChI=1S/C14H21NO/c1-16-12-14(9-5-6-10-15-14)11-13-7-3-2-4-8-13/h2-4,7-8,15H,5-6,9-12H2,1H3. The van der Waals surface area contributed by atoms with Crippen LogP contribution in [0.4, 0.5) is 0 Å². The second kappa shape index (κ2) is 5.46. The lowest BCUT2D eigenvalue weighted by molar-refractivity contribution is 0.0894. The molecule has 0 bridgehead atoms. The second-order valence-electron chi connectivity index (χ2n) is 4.76. The van der Waals surface area contributed by atoms with Crippen molar-refractivity contribution in [3.8, 4) is 0 Å². The zero-order chi connectivity index (χ0) is 11.3. The average Bonchev–Trinajstić information content (AvgIpc) is 2.31. The Labute approximate surface area is 98.0 Å². The quantitative estimate of drug-likeness (QED) is 0.839. The molecular weight excluding hydrogens is 198 g/mol. The van der Waals surface area contributed by atoms with Crippen LogP contribution in [0.25, 0.3) is 0 Å². The summed E-state index contributed by atoms with van der Waals surface area (Å²) in [6.07, 6.45) is 4.89. The van der Waals surface area contributed by atoms with Crippen LogP contribution in [0.3, 0.4) is 0 Å². The third kappa shape index (κ3) is 2.83. The normalized spacial score (nSPS) is 25.6. The van der Waals surface area contributed by atoms with Crippen LogP contribution in [-0.4, -0.2) is 25.8 Å². The van der Waals surface area contributed by atoms with Crippen molar-refractivity contribution >= 4 is 0 Å². The van der Waals surface area contributed by atoms with Gasteiger partial charge in [-0.3, -0.25) is 0 Å². The Balaban J connectivity index is 2.07. The molecule has 2 heteroatoms. The summed E-state index contributed by atoms with van der Waals surface area (Å²) in [5.74, 6) is 0. The van der Waals surface area contributed by atoms with E-state index >= 15 is 0 Å². The molecule has 1 atom stereocenters. The lowest BCUT2D eigenvalue weighted by atomic mass is 9.84. The van der Waals surface area contributed by atoms with Gasteiger partial charge in [-0.2, -0.15) is 0 Å². The van der Waals surface area contributed by atoms with Gasteiger partial charge < -0.3 is 10.1 Å². The highest BCUT2D eigenvalue weighted by molar-refractivity contribution is 5.18. The zero-order valence-corrected chi connectivity index (χ0v) is 10.0. The number of methoxy groups -OCH3 is 1. The predicted octanol–water partition coefficient (Wildman–Crippen LogP) is 2.39. The van der Waals surface area contributed by atoms with Crippen molar-refractivity contribution in [1.82, 2.24) is 5.32 Å². The molecule has 0 saturated carbocycles. The van der Waals surface area contributed by atoms with E-state index in [9.17, 15) is 0 Å². The van der Waals surface area contributed by atoms with Crippen molar-refractivity contribution in [1.29, 1.82) is 0 Å². The summed E-state index contributed by atoms with van der Waals surface area (Å²) in [5, 5.41) is 3.66. The van der Waals surface area contributed by atoms with Crippen molar-refractivity contribution in [3.05, 3.63) is 35.9 Å². The van der Waals surface area contributed by atoms with Gasteiger partial charge in [0.05, 0.1) is 6.61 Å². The van der Waals surface area contributed by atoms with Crippen LogP contribution in [0.15, 0.2) is 30.3 Å². The maximum absolute atomic E-state index is 5.39. The van der Waals surface area contributed by atoms with Gasteiger partial charge in [0, 0.05) is 12.6 Å². The first-order valence-corrected chi connectivity index (χ1v) is 6.13. The SMILES string of the molecule is COCC1(Cc2ccccc2)CCCCN1. The predicted molar refractivity (Wildman–Crippen MR) is 66.6 cm³/mol. The van der Waals surface area contributed by atoms with E-state index in [1.165, 1.54) is 24.8 Å². The minimum Gasteiger partial charge on any atom is -0.383 e. The van der Waals surface area contributed by atoms with Crippen LogP contribution in [0.2, 0.25) is 0 Å². The highest BCUT2D eigenvalue weighted by atomic mass is 16.5. The summed E-state index contributed by atoms with van der Waals surface area (Å²) >= 11 is 0. The average molecular weight is 219 g/mol. The first kappa shape index (κ1) is 11.6. The fourth-order valence-electron chi connectivity index (χ4n) is 2.62. The first-order chi connectivity index (χ1) is 7.85. The zero-order valence-electron chi connectivity index (χ0n) is 10.0. The Bertz CT molecular complexity index is 298. The summed E-state index contributed by atoms with van der Waals surface area (Å²) in [7, 11) is 1.79. The van der Waals surface area contributed by atoms with Crippen molar-refractivity contribution in [2.24, 2.45) is 0 Å². The van der Waals surface area contributed by atoms with Gasteiger partial charge in [0.15, 0.2) is 0 Å². The smallest absolute Gasteiger partial charge is 0.0647 e. The molecule has 1 aromatic rings. The molecule has 1 aromatic carbocycles. The Morgan fingerprint density at radius 3 is 2.69 bits per heavy atom. The van der Waals surface area contributed by atoms with E-state index in [1.807, 2.05) is 0 Å². The number of ether oxygens (including phenoxy) is 1. The first-order valence-electron chi connectivity index (χ1n) is 6.13. The fourth-order valence-corrected chi connectivity index (χ4v) is 2.62. The highest BCUT2D eigenvalue weighted by Crippen LogP contribution is 2.24. The van der Waals surface area contributed by atoms with Crippen molar-refractivity contribution in [2.45, 2.75) is 31.2 Å². The van der Waals surface area contributed by atoms with Gasteiger partial charge in [0.25, 0.3) is 0 Å². The fraction of sp³-hybridized carbons (Fsp3) is 0.571. The molecular formula is C14H21NO. The molecule has 1 saturated heterocycles. The van der Waals surface area contributed by atoms with Crippen LogP contribution in [-0.2, 0) is 11.2 Å². The molecule has 1 N–H and O–H groups in total. The second-order valence-corrected chi connectivity index (χ2v) is 4.76. The number of nitrogens with one attached hydrogen (secondary N) is 1. The Kier molecular flexibility index (Phi) is 3.97. The van der Waals surface area contributed by atoms with Gasteiger partial charge in [-0.1, -0.05) is 36.8 Å². The third-order valence-corrected chi connectivity index (χ3v) is 3.39. The molecule has 1 unspecified atom stereocenters. The summed E-state index contributed by atoms with van der Waals surface area (Å²) in [5.41, 5.74) is 1.56. The van der Waals surface area contributed by atoms with E-state index in [-0.39, 0.29) is 5.54 Å². The molecule has 0 aromatic heterocycles. The maximum Gasteiger partial charge on any atom is 0.0647 e. The van der Waals surface area contributed by atoms with Crippen LogP contribution >= 0.6 is 0 Å². The van der Waals surface area contributed by atoms with E-state index in [1.54, 1.807) is 7.11 Å². The van der Waals surface area contributed by atoms with Gasteiger partial charge in [0.2, 0.25) is 0 Å². The molecule has 16 heavy (non-hydrogen) atoms. The Hall–Kier alpha value is -0.860. The molecule has 1 aliphatic rings. The number of benzene rings is 1. The minimum atomic E-state index is 0.161. The maximum atomic E-state index is 5.39. The van der Waals surface area contributed by atoms with E-state index in [0.717, 1.165) is 19.6 Å². The minimum absolute atomic E-state index is 0.161. The van der Waals surface area contributed by atoms with E-state index in [4.69, 9.17) is 4.74 Å². The lowest BCUT2D eigenvalue weighted by Crippen LogP contribution is -2.53. The van der Waals surface area contributed by atoms with Crippen LogP contribution in [0.5, 0.6) is 0 Å². The molecule has 0 amide bonds. The van der Waals surface area contributed by atoms with Crippen LogP contribution < -0.4 is 5.32 Å². The van der Waals surface area contributed by atoms with E-state index in [2.05, 4.69) is 35.6 Å². The lowest BCUT2D eigenvalue weighted by Gasteiger charge is -2.38. The van der Waals surface area contributed by atoms with Crippen molar-refractivity contribution < 1.29 is 4.74 Å². The van der Waals surface area contributed by atoms with Crippen LogP contribution in [0, 0.1) is 0 Å². The number of hydrogen-bond acceptors (Lipinski definition) is 2. The van der Waals surface area contributed by atoms with E-state index < -0.39 is 0 Å². The topological polar surface area (TPSA) is 21.3 Å². The Morgan fingerprint density at radius 2 is 2.06 bits per heavy atom. The summed E-state index contributed by atoms with van der Waals surface area (Å²) in [6, 6.07) is 10.7. The molecule has 0 spiro atoms. The number of hydrogen-bond donors (Lipinski definition) is 1. The summed E-state index contributed by atoms with van der Waals surface area (Å²) in [4.78, 5) is 0. The van der Waals surface area contributed by atoms with Crippen LogP contribution in [0.1, 0.15) is 24.8 Å². The third-order valence-electron chi connectivity index (χ3n) is 3.39. The van der Waals surface area contributed by atoms with Crippen molar-refractivity contribution in [2.75, 3.05) is 20.3 Å².